The predicted molar refractivity (Wildman–Crippen MR) is 85.3 cm³/mol. The van der Waals surface area contributed by atoms with E-state index in [0.717, 1.165) is 0 Å². The van der Waals surface area contributed by atoms with Crippen LogP contribution in [0.5, 0.6) is 0 Å². The van der Waals surface area contributed by atoms with Gasteiger partial charge in [-0.3, -0.25) is 4.57 Å². The molecule has 3 aromatic rings. The number of para-hydroxylation sites is 1. The van der Waals surface area contributed by atoms with Gasteiger partial charge < -0.3 is 0 Å². The molecule has 1 atom stereocenters. The second kappa shape index (κ2) is 5.48. The van der Waals surface area contributed by atoms with Crippen LogP contribution in [0.3, 0.4) is 0 Å². The summed E-state index contributed by atoms with van der Waals surface area (Å²) >= 11 is 18.5. The molecule has 1 aromatic heterocycles. The van der Waals surface area contributed by atoms with Crippen LogP contribution in [0.4, 0.5) is 4.39 Å². The number of imidazole rings is 1. The number of hydrogen-bond acceptors (Lipinski definition) is 1. The average Bonchev–Trinajstić information content (AvgIpc) is 2.83. The number of hydrogen-bond donors (Lipinski definition) is 0. The van der Waals surface area contributed by atoms with Gasteiger partial charge in [0, 0.05) is 0 Å². The molecule has 0 aliphatic heterocycles. The van der Waals surface area contributed by atoms with E-state index in [1.165, 1.54) is 6.07 Å². The van der Waals surface area contributed by atoms with E-state index in [1.807, 2.05) is 0 Å². The lowest BCUT2D eigenvalue weighted by Gasteiger charge is -2.13. The second-order valence-corrected chi connectivity index (χ2v) is 6.04. The lowest BCUT2D eigenvalue weighted by atomic mass is 10.2. The molecule has 0 spiro atoms. The Kier molecular flexibility index (Phi) is 3.82. The highest BCUT2D eigenvalue weighted by Crippen LogP contribution is 2.35. The first-order valence-corrected chi connectivity index (χ1v) is 7.45. The van der Waals surface area contributed by atoms with Crippen LogP contribution in [0, 0.1) is 5.82 Å². The average molecular weight is 344 g/mol. The fraction of sp³-hybridized carbons (Fsp3) is 0.133. The molecule has 0 aliphatic rings. The normalized spacial score (nSPS) is 12.8. The van der Waals surface area contributed by atoms with Crippen LogP contribution in [-0.4, -0.2) is 9.55 Å². The highest BCUT2D eigenvalue weighted by atomic mass is 35.5. The smallest absolute Gasteiger partial charge is 0.151 e. The highest BCUT2D eigenvalue weighted by molar-refractivity contribution is 6.43. The van der Waals surface area contributed by atoms with Crippen LogP contribution in [0.1, 0.15) is 18.1 Å². The van der Waals surface area contributed by atoms with Gasteiger partial charge in [-0.1, -0.05) is 35.3 Å². The minimum atomic E-state index is -0.410. The summed E-state index contributed by atoms with van der Waals surface area (Å²) in [7, 11) is 0. The van der Waals surface area contributed by atoms with E-state index in [0.29, 0.717) is 27.1 Å². The van der Waals surface area contributed by atoms with Crippen LogP contribution >= 0.6 is 34.8 Å². The molecule has 3 rings (SSSR count). The molecular weight excluding hydrogens is 334 g/mol. The molecule has 0 bridgehead atoms. The first-order chi connectivity index (χ1) is 10.0. The van der Waals surface area contributed by atoms with Crippen LogP contribution in [-0.2, 0) is 0 Å². The van der Waals surface area contributed by atoms with Gasteiger partial charge in [0.15, 0.2) is 5.82 Å². The van der Waals surface area contributed by atoms with Crippen molar-refractivity contribution < 1.29 is 4.39 Å². The van der Waals surface area contributed by atoms with Gasteiger partial charge in [0.2, 0.25) is 0 Å². The molecule has 1 heterocycles. The van der Waals surface area contributed by atoms with E-state index >= 15 is 0 Å². The summed E-state index contributed by atoms with van der Waals surface area (Å²) in [6.07, 6.45) is 0. The molecule has 0 saturated carbocycles. The van der Waals surface area contributed by atoms with Gasteiger partial charge >= 0.3 is 0 Å². The topological polar surface area (TPSA) is 17.8 Å². The largest absolute Gasteiger partial charge is 0.293 e. The Hall–Kier alpha value is -1.29. The minimum Gasteiger partial charge on any atom is -0.293 e. The SMILES string of the molecule is CC(Cl)c1nc2c(F)cccc2n1-c1cccc(Cl)c1Cl. The van der Waals surface area contributed by atoms with E-state index < -0.39 is 11.2 Å². The van der Waals surface area contributed by atoms with Crippen molar-refractivity contribution in [2.24, 2.45) is 0 Å². The van der Waals surface area contributed by atoms with Gasteiger partial charge in [0.05, 0.1) is 26.6 Å². The first kappa shape index (κ1) is 14.6. The Morgan fingerprint density at radius 2 is 1.86 bits per heavy atom. The maximum Gasteiger partial charge on any atom is 0.151 e. The molecule has 21 heavy (non-hydrogen) atoms. The molecule has 1 unspecified atom stereocenters. The molecular formula is C15H10Cl3FN2. The quantitative estimate of drug-likeness (QED) is 0.540. The molecule has 6 heteroatoms. The van der Waals surface area contributed by atoms with Crippen molar-refractivity contribution in [1.82, 2.24) is 9.55 Å². The first-order valence-electron chi connectivity index (χ1n) is 6.26. The van der Waals surface area contributed by atoms with Gasteiger partial charge in [0.1, 0.15) is 11.3 Å². The highest BCUT2D eigenvalue weighted by Gasteiger charge is 2.20. The third kappa shape index (κ3) is 2.39. The predicted octanol–water partition coefficient (Wildman–Crippen LogP) is 5.77. The molecule has 0 saturated heterocycles. The molecule has 2 nitrogen and oxygen atoms in total. The number of benzene rings is 2. The zero-order valence-corrected chi connectivity index (χ0v) is 13.2. The molecule has 108 valence electrons. The monoisotopic (exact) mass is 342 g/mol. The van der Waals surface area contributed by atoms with Gasteiger partial charge in [-0.2, -0.15) is 0 Å². The Balaban J connectivity index is 2.43. The Bertz CT molecular complexity index is 827. The van der Waals surface area contributed by atoms with Crippen LogP contribution in [0.2, 0.25) is 10.0 Å². The van der Waals surface area contributed by atoms with E-state index in [9.17, 15) is 4.39 Å². The molecule has 2 aromatic carbocycles. The fourth-order valence-electron chi connectivity index (χ4n) is 2.27. The van der Waals surface area contributed by atoms with Crippen molar-refractivity contribution in [2.75, 3.05) is 0 Å². The Morgan fingerprint density at radius 1 is 1.14 bits per heavy atom. The second-order valence-electron chi connectivity index (χ2n) is 4.60. The molecule has 0 N–H and O–H groups in total. The summed E-state index contributed by atoms with van der Waals surface area (Å²) in [5.74, 6) is 0.115. The number of halogens is 4. The van der Waals surface area contributed by atoms with E-state index in [-0.39, 0.29) is 5.52 Å². The van der Waals surface area contributed by atoms with Crippen molar-refractivity contribution in [3.63, 3.8) is 0 Å². The van der Waals surface area contributed by atoms with E-state index in [1.54, 1.807) is 41.8 Å². The van der Waals surface area contributed by atoms with Crippen molar-refractivity contribution in [3.8, 4) is 5.69 Å². The third-order valence-corrected chi connectivity index (χ3v) is 4.19. The molecule has 0 aliphatic carbocycles. The molecule has 0 radical (unpaired) electrons. The molecule has 0 amide bonds. The van der Waals surface area contributed by atoms with E-state index in [2.05, 4.69) is 4.98 Å². The van der Waals surface area contributed by atoms with Gasteiger partial charge in [-0.05, 0) is 31.2 Å². The summed E-state index contributed by atoms with van der Waals surface area (Å²) in [6.45, 7) is 1.77. The Morgan fingerprint density at radius 3 is 2.57 bits per heavy atom. The lowest BCUT2D eigenvalue weighted by Crippen LogP contribution is -2.02. The number of aromatic nitrogens is 2. The zero-order chi connectivity index (χ0) is 15.1. The minimum absolute atomic E-state index is 0.260. The van der Waals surface area contributed by atoms with Gasteiger partial charge in [-0.15, -0.1) is 11.6 Å². The summed E-state index contributed by atoms with van der Waals surface area (Å²) in [5, 5.41) is 0.383. The summed E-state index contributed by atoms with van der Waals surface area (Å²) in [5.41, 5.74) is 1.48. The van der Waals surface area contributed by atoms with Crippen molar-refractivity contribution in [3.05, 3.63) is 58.1 Å². The number of fused-ring (bicyclic) bond motifs is 1. The fourth-order valence-corrected chi connectivity index (χ4v) is 2.79. The van der Waals surface area contributed by atoms with Crippen LogP contribution in [0.15, 0.2) is 36.4 Å². The number of alkyl halides is 1. The lowest BCUT2D eigenvalue weighted by molar-refractivity contribution is 0.637. The Labute approximate surface area is 136 Å². The summed E-state index contributed by atoms with van der Waals surface area (Å²) in [4.78, 5) is 4.31. The number of rotatable bonds is 2. The van der Waals surface area contributed by atoms with Crippen molar-refractivity contribution in [1.29, 1.82) is 0 Å². The van der Waals surface area contributed by atoms with Crippen LogP contribution < -0.4 is 0 Å². The molecule has 0 fully saturated rings. The number of nitrogens with zero attached hydrogens (tertiary/aromatic N) is 2. The summed E-state index contributed by atoms with van der Waals surface area (Å²) < 4.78 is 15.7. The third-order valence-electron chi connectivity index (χ3n) is 3.19. The maximum absolute atomic E-state index is 14.0. The van der Waals surface area contributed by atoms with Gasteiger partial charge in [-0.25, -0.2) is 9.37 Å². The van der Waals surface area contributed by atoms with Gasteiger partial charge in [0.25, 0.3) is 0 Å². The van der Waals surface area contributed by atoms with Crippen LogP contribution in [0.25, 0.3) is 16.7 Å². The summed E-state index contributed by atoms with van der Waals surface area (Å²) in [6, 6.07) is 10.0. The van der Waals surface area contributed by atoms with E-state index in [4.69, 9.17) is 34.8 Å². The van der Waals surface area contributed by atoms with Crippen molar-refractivity contribution in [2.45, 2.75) is 12.3 Å². The zero-order valence-electron chi connectivity index (χ0n) is 10.9. The van der Waals surface area contributed by atoms with Crippen molar-refractivity contribution >= 4 is 45.8 Å². The maximum atomic E-state index is 14.0. The standard InChI is InChI=1S/C15H10Cl3FN2/c1-8(16)15-20-14-10(19)5-3-7-12(14)21(15)11-6-2-4-9(17)13(11)18/h2-8H,1H3.